The normalized spacial score (nSPS) is 10.8. The second-order valence-electron chi connectivity index (χ2n) is 4.46. The third-order valence-corrected chi connectivity index (χ3v) is 4.27. The van der Waals surface area contributed by atoms with Gasteiger partial charge in [-0.05, 0) is 18.2 Å². The average Bonchev–Trinajstić information content (AvgIpc) is 3.01. The molecule has 0 spiro atoms. The minimum Gasteiger partial charge on any atom is -0.478 e. The molecule has 22 heavy (non-hydrogen) atoms. The Morgan fingerprint density at radius 3 is 2.91 bits per heavy atom. The van der Waals surface area contributed by atoms with E-state index in [1.54, 1.807) is 7.05 Å². The monoisotopic (exact) mass is 380 g/mol. The van der Waals surface area contributed by atoms with Crippen molar-refractivity contribution in [2.24, 2.45) is 7.05 Å². The Kier molecular flexibility index (Phi) is 3.67. The van der Waals surface area contributed by atoms with Gasteiger partial charge in [-0.1, -0.05) is 27.3 Å². The fourth-order valence-corrected chi connectivity index (χ4v) is 3.33. The van der Waals surface area contributed by atoms with Crippen LogP contribution in [0, 0.1) is 0 Å². The van der Waals surface area contributed by atoms with Crippen LogP contribution in [-0.2, 0) is 7.05 Å². The quantitative estimate of drug-likeness (QED) is 0.727. The zero-order valence-corrected chi connectivity index (χ0v) is 13.6. The maximum absolute atomic E-state index is 12.2. The minimum atomic E-state index is -1.20. The first-order valence-electron chi connectivity index (χ1n) is 6.08. The molecule has 9 heteroatoms. The van der Waals surface area contributed by atoms with Gasteiger partial charge >= 0.3 is 5.97 Å². The van der Waals surface area contributed by atoms with Crippen LogP contribution in [0.4, 0.5) is 5.13 Å². The van der Waals surface area contributed by atoms with E-state index in [1.165, 1.54) is 22.2 Å². The van der Waals surface area contributed by atoms with E-state index >= 15 is 0 Å². The van der Waals surface area contributed by atoms with Crippen LogP contribution in [0.2, 0.25) is 0 Å². The van der Waals surface area contributed by atoms with Crippen molar-refractivity contribution in [1.82, 2.24) is 14.8 Å². The highest BCUT2D eigenvalue weighted by molar-refractivity contribution is 9.10. The summed E-state index contributed by atoms with van der Waals surface area (Å²) in [6, 6.07) is 5.58. The fourth-order valence-electron chi connectivity index (χ4n) is 1.92. The van der Waals surface area contributed by atoms with E-state index in [-0.39, 0.29) is 11.3 Å². The van der Waals surface area contributed by atoms with E-state index in [9.17, 15) is 9.59 Å². The molecule has 7 nitrogen and oxygen atoms in total. The summed E-state index contributed by atoms with van der Waals surface area (Å²) in [6.45, 7) is 0. The molecule has 0 radical (unpaired) electrons. The van der Waals surface area contributed by atoms with Crippen molar-refractivity contribution in [3.05, 3.63) is 40.1 Å². The van der Waals surface area contributed by atoms with Crippen LogP contribution in [0.1, 0.15) is 20.8 Å². The number of carbonyl (C=O) groups is 2. The van der Waals surface area contributed by atoms with Crippen LogP contribution in [0.25, 0.3) is 10.2 Å². The Bertz CT molecular complexity index is 902. The highest BCUT2D eigenvalue weighted by atomic mass is 79.9. The van der Waals surface area contributed by atoms with Gasteiger partial charge in [0, 0.05) is 17.7 Å². The van der Waals surface area contributed by atoms with Gasteiger partial charge in [-0.3, -0.25) is 14.8 Å². The number of nitrogens with one attached hydrogen (secondary N) is 1. The van der Waals surface area contributed by atoms with Gasteiger partial charge < -0.3 is 5.11 Å². The summed E-state index contributed by atoms with van der Waals surface area (Å²) in [7, 11) is 1.55. The van der Waals surface area contributed by atoms with Gasteiger partial charge in [0.15, 0.2) is 10.8 Å². The molecule has 0 aliphatic heterocycles. The number of amides is 1. The number of aryl methyl sites for hydroxylation is 1. The molecule has 0 aliphatic rings. The summed E-state index contributed by atoms with van der Waals surface area (Å²) in [6.07, 6.45) is 1.28. The van der Waals surface area contributed by atoms with Crippen LogP contribution < -0.4 is 5.32 Å². The van der Waals surface area contributed by atoms with Crippen LogP contribution in [0.3, 0.4) is 0 Å². The molecule has 112 valence electrons. The first-order chi connectivity index (χ1) is 10.4. The largest absolute Gasteiger partial charge is 0.478 e. The molecule has 1 amide bonds. The summed E-state index contributed by atoms with van der Waals surface area (Å²) in [5, 5.41) is 16.0. The Morgan fingerprint density at radius 2 is 2.18 bits per heavy atom. The van der Waals surface area contributed by atoms with Crippen molar-refractivity contribution in [3.8, 4) is 0 Å². The van der Waals surface area contributed by atoms with Gasteiger partial charge in [0.2, 0.25) is 0 Å². The van der Waals surface area contributed by atoms with E-state index in [0.717, 1.165) is 14.7 Å². The van der Waals surface area contributed by atoms with Crippen LogP contribution in [0.5, 0.6) is 0 Å². The number of anilines is 1. The maximum Gasteiger partial charge on any atom is 0.339 e. The molecule has 3 aromatic rings. The molecule has 3 rings (SSSR count). The van der Waals surface area contributed by atoms with Gasteiger partial charge in [0.1, 0.15) is 5.56 Å². The number of fused-ring (bicyclic) bond motifs is 1. The number of hydrogen-bond acceptors (Lipinski definition) is 5. The Hall–Kier alpha value is -2.26. The van der Waals surface area contributed by atoms with Crippen molar-refractivity contribution in [2.45, 2.75) is 0 Å². The van der Waals surface area contributed by atoms with E-state index in [0.29, 0.717) is 5.13 Å². The van der Waals surface area contributed by atoms with E-state index in [2.05, 4.69) is 31.3 Å². The number of carboxylic acid groups (broad SMARTS) is 1. The number of hydrogen-bond donors (Lipinski definition) is 2. The molecular weight excluding hydrogens is 372 g/mol. The first-order valence-corrected chi connectivity index (χ1v) is 7.69. The number of nitrogens with zero attached hydrogens (tertiary/aromatic N) is 3. The first kappa shape index (κ1) is 14.7. The molecule has 0 fully saturated rings. The van der Waals surface area contributed by atoms with Crippen molar-refractivity contribution >= 4 is 54.5 Å². The summed E-state index contributed by atoms with van der Waals surface area (Å²) in [4.78, 5) is 27.6. The average molecular weight is 381 g/mol. The second-order valence-corrected chi connectivity index (χ2v) is 6.40. The Morgan fingerprint density at radius 1 is 1.41 bits per heavy atom. The lowest BCUT2D eigenvalue weighted by Gasteiger charge is -1.98. The zero-order valence-electron chi connectivity index (χ0n) is 11.2. The lowest BCUT2D eigenvalue weighted by Crippen LogP contribution is -2.16. The zero-order chi connectivity index (χ0) is 15.9. The third kappa shape index (κ3) is 2.72. The number of rotatable bonds is 3. The summed E-state index contributed by atoms with van der Waals surface area (Å²) < 4.78 is 3.11. The summed E-state index contributed by atoms with van der Waals surface area (Å²) >= 11 is 4.67. The van der Waals surface area contributed by atoms with E-state index < -0.39 is 11.9 Å². The van der Waals surface area contributed by atoms with Crippen LogP contribution in [0.15, 0.2) is 28.9 Å². The molecule has 0 unspecified atom stereocenters. The number of benzene rings is 1. The molecular formula is C13H9BrN4O3S. The minimum absolute atomic E-state index is 0.143. The molecule has 2 aromatic heterocycles. The second kappa shape index (κ2) is 5.50. The summed E-state index contributed by atoms with van der Waals surface area (Å²) in [5.74, 6) is -1.80. The van der Waals surface area contributed by atoms with Crippen molar-refractivity contribution in [2.75, 3.05) is 5.32 Å². The standard InChI is InChI=1S/C13H9BrN4O3S/c1-18-5-7(12(20)21)10(17-18)11(19)16-13-15-8-3-2-6(14)4-9(8)22-13/h2-5H,1H3,(H,20,21)(H,15,16,19). The van der Waals surface area contributed by atoms with Gasteiger partial charge in [-0.15, -0.1) is 0 Å². The predicted octanol–water partition coefficient (Wildman–Crippen LogP) is 2.74. The fraction of sp³-hybridized carbons (Fsp3) is 0.0769. The lowest BCUT2D eigenvalue weighted by molar-refractivity contribution is 0.0692. The number of carbonyl (C=O) groups excluding carboxylic acids is 1. The molecule has 0 saturated heterocycles. The van der Waals surface area contributed by atoms with Gasteiger partial charge in [-0.2, -0.15) is 5.10 Å². The maximum atomic E-state index is 12.2. The van der Waals surface area contributed by atoms with Gasteiger partial charge in [-0.25, -0.2) is 9.78 Å². The molecule has 0 saturated carbocycles. The van der Waals surface area contributed by atoms with Crippen molar-refractivity contribution < 1.29 is 14.7 Å². The number of aromatic carboxylic acids is 1. The Labute approximate surface area is 136 Å². The van der Waals surface area contributed by atoms with Crippen LogP contribution in [-0.4, -0.2) is 31.7 Å². The highest BCUT2D eigenvalue weighted by Crippen LogP contribution is 2.28. The third-order valence-electron chi connectivity index (χ3n) is 2.85. The smallest absolute Gasteiger partial charge is 0.339 e. The molecule has 0 bridgehead atoms. The Balaban J connectivity index is 1.91. The van der Waals surface area contributed by atoms with Crippen molar-refractivity contribution in [3.63, 3.8) is 0 Å². The number of halogens is 1. The molecule has 0 aliphatic carbocycles. The highest BCUT2D eigenvalue weighted by Gasteiger charge is 2.22. The van der Waals surface area contributed by atoms with Crippen LogP contribution >= 0.6 is 27.3 Å². The number of aromatic nitrogens is 3. The molecule has 2 N–H and O–H groups in total. The molecule has 2 heterocycles. The SMILES string of the molecule is Cn1cc(C(=O)O)c(C(=O)Nc2nc3ccc(Br)cc3s2)n1. The lowest BCUT2D eigenvalue weighted by atomic mass is 10.2. The van der Waals surface area contributed by atoms with Gasteiger partial charge in [0.05, 0.1) is 10.2 Å². The van der Waals surface area contributed by atoms with E-state index in [4.69, 9.17) is 5.11 Å². The van der Waals surface area contributed by atoms with Gasteiger partial charge in [0.25, 0.3) is 5.91 Å². The molecule has 1 aromatic carbocycles. The topological polar surface area (TPSA) is 97.1 Å². The van der Waals surface area contributed by atoms with E-state index in [1.807, 2.05) is 18.2 Å². The number of carboxylic acids is 1. The predicted molar refractivity (Wildman–Crippen MR) is 85.4 cm³/mol. The summed E-state index contributed by atoms with van der Waals surface area (Å²) in [5.41, 5.74) is 0.460. The van der Waals surface area contributed by atoms with Crippen molar-refractivity contribution in [1.29, 1.82) is 0 Å². The molecule has 0 atom stereocenters. The number of thiazole rings is 1.